The second-order valence-electron chi connectivity index (χ2n) is 5.67. The van der Waals surface area contributed by atoms with Crippen molar-refractivity contribution < 1.29 is 9.59 Å². The minimum absolute atomic E-state index is 0.000420. The fraction of sp³-hybridized carbons (Fsp3) is 0.846. The standard InChI is InChI=1S/C13H23N3O2/c1-9(2)14-12(17)10-4-3-7-16(8-10)13(18)15-11-5-6-11/h9-11H,3-8H2,1-2H3,(H,14,17)(H,15,18). The number of hydrogen-bond acceptors (Lipinski definition) is 2. The minimum atomic E-state index is -0.0499. The summed E-state index contributed by atoms with van der Waals surface area (Å²) in [6.45, 7) is 5.23. The Morgan fingerprint density at radius 2 is 1.94 bits per heavy atom. The number of hydrogen-bond donors (Lipinski definition) is 2. The largest absolute Gasteiger partial charge is 0.354 e. The van der Waals surface area contributed by atoms with Gasteiger partial charge in [-0.05, 0) is 39.5 Å². The van der Waals surface area contributed by atoms with Gasteiger partial charge in [-0.3, -0.25) is 4.79 Å². The van der Waals surface area contributed by atoms with Gasteiger partial charge in [-0.15, -0.1) is 0 Å². The fourth-order valence-electron chi connectivity index (χ4n) is 2.27. The smallest absolute Gasteiger partial charge is 0.317 e. The Balaban J connectivity index is 1.83. The lowest BCUT2D eigenvalue weighted by Crippen LogP contribution is -2.50. The first-order chi connectivity index (χ1) is 8.56. The molecule has 102 valence electrons. The Labute approximate surface area is 108 Å². The normalized spacial score (nSPS) is 23.9. The lowest BCUT2D eigenvalue weighted by molar-refractivity contribution is -0.126. The molecule has 0 aromatic carbocycles. The third kappa shape index (κ3) is 3.62. The fourth-order valence-corrected chi connectivity index (χ4v) is 2.27. The minimum Gasteiger partial charge on any atom is -0.354 e. The van der Waals surface area contributed by atoms with E-state index in [1.165, 1.54) is 0 Å². The molecule has 1 aliphatic heterocycles. The first-order valence-corrected chi connectivity index (χ1v) is 6.92. The predicted octanol–water partition coefficient (Wildman–Crippen LogP) is 1.09. The zero-order valence-corrected chi connectivity index (χ0v) is 11.2. The lowest BCUT2D eigenvalue weighted by atomic mass is 9.97. The summed E-state index contributed by atoms with van der Waals surface area (Å²) in [4.78, 5) is 25.6. The maximum absolute atomic E-state index is 11.9. The van der Waals surface area contributed by atoms with Gasteiger partial charge in [-0.2, -0.15) is 0 Å². The van der Waals surface area contributed by atoms with E-state index < -0.39 is 0 Å². The maximum Gasteiger partial charge on any atom is 0.317 e. The molecule has 0 bridgehead atoms. The molecular weight excluding hydrogens is 230 g/mol. The van der Waals surface area contributed by atoms with E-state index in [-0.39, 0.29) is 23.9 Å². The molecule has 1 unspecified atom stereocenters. The van der Waals surface area contributed by atoms with E-state index in [0.29, 0.717) is 12.6 Å². The molecule has 0 aromatic heterocycles. The number of amides is 3. The molecule has 2 N–H and O–H groups in total. The van der Waals surface area contributed by atoms with Crippen LogP contribution in [0.15, 0.2) is 0 Å². The van der Waals surface area contributed by atoms with Crippen LogP contribution in [0.2, 0.25) is 0 Å². The van der Waals surface area contributed by atoms with Crippen LogP contribution in [0.25, 0.3) is 0 Å². The van der Waals surface area contributed by atoms with Crippen LogP contribution in [0.3, 0.4) is 0 Å². The van der Waals surface area contributed by atoms with Crippen molar-refractivity contribution in [3.05, 3.63) is 0 Å². The lowest BCUT2D eigenvalue weighted by Gasteiger charge is -2.32. The van der Waals surface area contributed by atoms with Crippen LogP contribution in [0.5, 0.6) is 0 Å². The molecule has 1 saturated heterocycles. The molecule has 1 atom stereocenters. The highest BCUT2D eigenvalue weighted by molar-refractivity contribution is 5.81. The van der Waals surface area contributed by atoms with Gasteiger partial charge < -0.3 is 15.5 Å². The Bertz CT molecular complexity index is 304. The number of nitrogens with one attached hydrogen (secondary N) is 2. The summed E-state index contributed by atoms with van der Waals surface area (Å²) in [6.07, 6.45) is 3.98. The maximum atomic E-state index is 11.9. The average Bonchev–Trinajstić information content (AvgIpc) is 3.12. The molecule has 0 aromatic rings. The molecule has 2 aliphatic rings. The van der Waals surface area contributed by atoms with Crippen LogP contribution < -0.4 is 10.6 Å². The average molecular weight is 253 g/mol. The molecule has 18 heavy (non-hydrogen) atoms. The van der Waals surface area contributed by atoms with Crippen molar-refractivity contribution in [2.45, 2.75) is 51.6 Å². The second kappa shape index (κ2) is 5.59. The molecule has 1 aliphatic carbocycles. The van der Waals surface area contributed by atoms with Crippen LogP contribution in [-0.2, 0) is 4.79 Å². The Hall–Kier alpha value is -1.26. The van der Waals surface area contributed by atoms with Gasteiger partial charge in [0, 0.05) is 25.2 Å². The van der Waals surface area contributed by atoms with Crippen LogP contribution in [0.4, 0.5) is 4.79 Å². The van der Waals surface area contributed by atoms with E-state index in [2.05, 4.69) is 10.6 Å². The number of rotatable bonds is 3. The van der Waals surface area contributed by atoms with Gasteiger partial charge in [-0.25, -0.2) is 4.79 Å². The van der Waals surface area contributed by atoms with Crippen molar-refractivity contribution in [2.24, 2.45) is 5.92 Å². The SMILES string of the molecule is CC(C)NC(=O)C1CCCN(C(=O)NC2CC2)C1. The highest BCUT2D eigenvalue weighted by Crippen LogP contribution is 2.21. The van der Waals surface area contributed by atoms with E-state index in [4.69, 9.17) is 0 Å². The number of carbonyl (C=O) groups is 2. The van der Waals surface area contributed by atoms with E-state index in [9.17, 15) is 9.59 Å². The predicted molar refractivity (Wildman–Crippen MR) is 69.1 cm³/mol. The second-order valence-corrected chi connectivity index (χ2v) is 5.67. The summed E-state index contributed by atoms with van der Waals surface area (Å²) in [5, 5.41) is 5.91. The van der Waals surface area contributed by atoms with E-state index in [1.54, 1.807) is 4.90 Å². The van der Waals surface area contributed by atoms with Gasteiger partial charge >= 0.3 is 6.03 Å². The van der Waals surface area contributed by atoms with Crippen molar-refractivity contribution >= 4 is 11.9 Å². The molecule has 0 spiro atoms. The van der Waals surface area contributed by atoms with Crippen LogP contribution in [0.1, 0.15) is 39.5 Å². The highest BCUT2D eigenvalue weighted by Gasteiger charge is 2.31. The summed E-state index contributed by atoms with van der Waals surface area (Å²) < 4.78 is 0. The molecule has 2 fully saturated rings. The number of nitrogens with zero attached hydrogens (tertiary/aromatic N) is 1. The van der Waals surface area contributed by atoms with Gasteiger partial charge in [0.25, 0.3) is 0 Å². The van der Waals surface area contributed by atoms with Gasteiger partial charge in [0.1, 0.15) is 0 Å². The third-order valence-corrected chi connectivity index (χ3v) is 3.42. The number of urea groups is 1. The summed E-state index contributed by atoms with van der Waals surface area (Å²) in [5.74, 6) is 0.0278. The van der Waals surface area contributed by atoms with Crippen LogP contribution in [-0.4, -0.2) is 42.0 Å². The van der Waals surface area contributed by atoms with Gasteiger partial charge in [0.15, 0.2) is 0 Å². The summed E-state index contributed by atoms with van der Waals surface area (Å²) in [5.41, 5.74) is 0. The molecule has 5 heteroatoms. The quantitative estimate of drug-likeness (QED) is 0.791. The molecular formula is C13H23N3O2. The van der Waals surface area contributed by atoms with Crippen molar-refractivity contribution in [2.75, 3.05) is 13.1 Å². The monoisotopic (exact) mass is 253 g/mol. The van der Waals surface area contributed by atoms with E-state index in [1.807, 2.05) is 13.8 Å². The van der Waals surface area contributed by atoms with Gasteiger partial charge in [0.05, 0.1) is 5.92 Å². The molecule has 2 rings (SSSR count). The number of carbonyl (C=O) groups excluding carboxylic acids is 2. The third-order valence-electron chi connectivity index (χ3n) is 3.42. The Morgan fingerprint density at radius 3 is 2.56 bits per heavy atom. The first kappa shape index (κ1) is 13.2. The highest BCUT2D eigenvalue weighted by atomic mass is 16.2. The van der Waals surface area contributed by atoms with Gasteiger partial charge in [0.2, 0.25) is 5.91 Å². The van der Waals surface area contributed by atoms with E-state index >= 15 is 0 Å². The molecule has 0 radical (unpaired) electrons. The zero-order chi connectivity index (χ0) is 13.1. The molecule has 3 amide bonds. The van der Waals surface area contributed by atoms with Gasteiger partial charge in [-0.1, -0.05) is 0 Å². The van der Waals surface area contributed by atoms with Crippen LogP contribution >= 0.6 is 0 Å². The topological polar surface area (TPSA) is 61.4 Å². The van der Waals surface area contributed by atoms with Crippen molar-refractivity contribution in [1.29, 1.82) is 0 Å². The summed E-state index contributed by atoms with van der Waals surface area (Å²) in [6, 6.07) is 0.537. The molecule has 1 saturated carbocycles. The van der Waals surface area contributed by atoms with E-state index in [0.717, 1.165) is 32.2 Å². The number of likely N-dealkylation sites (tertiary alicyclic amines) is 1. The van der Waals surface area contributed by atoms with Crippen molar-refractivity contribution in [3.8, 4) is 0 Å². The summed E-state index contributed by atoms with van der Waals surface area (Å²) >= 11 is 0. The molecule has 5 nitrogen and oxygen atoms in total. The Kier molecular flexibility index (Phi) is 4.09. The zero-order valence-electron chi connectivity index (χ0n) is 11.2. The number of piperidine rings is 1. The molecule has 1 heterocycles. The van der Waals surface area contributed by atoms with Crippen LogP contribution in [0, 0.1) is 5.92 Å². The van der Waals surface area contributed by atoms with Crippen molar-refractivity contribution in [3.63, 3.8) is 0 Å². The van der Waals surface area contributed by atoms with Crippen molar-refractivity contribution in [1.82, 2.24) is 15.5 Å². The Morgan fingerprint density at radius 1 is 1.22 bits per heavy atom. The first-order valence-electron chi connectivity index (χ1n) is 6.92. The summed E-state index contributed by atoms with van der Waals surface area (Å²) in [7, 11) is 0.